The van der Waals surface area contributed by atoms with Crippen molar-refractivity contribution in [3.05, 3.63) is 92.9 Å². The average Bonchev–Trinajstić information content (AvgIpc) is 3.27. The number of amides is 2. The van der Waals surface area contributed by atoms with Gasteiger partial charge >= 0.3 is 0 Å². The SMILES string of the molecule is Cc1c(Cl)cccc1N1C(=O)[C@@H]2[C@@H](c3ccc(Cl)cc3Cl)N(c3ccccc3)O[C@H]2C1=O. The van der Waals surface area contributed by atoms with Gasteiger partial charge in [-0.2, -0.15) is 0 Å². The third-order valence-corrected chi connectivity index (χ3v) is 6.86. The van der Waals surface area contributed by atoms with Gasteiger partial charge in [0.1, 0.15) is 5.92 Å². The van der Waals surface area contributed by atoms with E-state index in [1.165, 1.54) is 4.90 Å². The van der Waals surface area contributed by atoms with Crippen LogP contribution in [0.15, 0.2) is 66.7 Å². The molecule has 3 aromatic rings. The van der Waals surface area contributed by atoms with Gasteiger partial charge in [0.15, 0.2) is 6.10 Å². The standard InChI is InChI=1S/C24H17Cl3N2O3/c1-13-17(26)8-5-9-19(13)28-23(30)20-21(16-11-10-14(25)12-18(16)27)29(32-22(20)24(28)31)15-6-3-2-4-7-15/h2-12,20-22H,1H3/t20-,21-,22-/m1/s1. The Labute approximate surface area is 200 Å². The Bertz CT molecular complexity index is 1230. The highest BCUT2D eigenvalue weighted by Crippen LogP contribution is 2.49. The van der Waals surface area contributed by atoms with Gasteiger partial charge in [-0.15, -0.1) is 0 Å². The van der Waals surface area contributed by atoms with Crippen molar-refractivity contribution in [3.8, 4) is 0 Å². The van der Waals surface area contributed by atoms with Crippen LogP contribution in [0.2, 0.25) is 15.1 Å². The van der Waals surface area contributed by atoms with Crippen molar-refractivity contribution in [2.24, 2.45) is 5.92 Å². The maximum atomic E-state index is 13.7. The Hall–Kier alpha value is -2.57. The predicted molar refractivity (Wildman–Crippen MR) is 125 cm³/mol. The van der Waals surface area contributed by atoms with Crippen LogP contribution in [0.1, 0.15) is 17.2 Å². The molecule has 2 saturated heterocycles. The number of benzene rings is 3. The molecule has 5 nitrogen and oxygen atoms in total. The first-order valence-electron chi connectivity index (χ1n) is 9.97. The zero-order valence-electron chi connectivity index (χ0n) is 16.8. The van der Waals surface area contributed by atoms with Crippen molar-refractivity contribution in [2.75, 3.05) is 9.96 Å². The van der Waals surface area contributed by atoms with E-state index in [1.54, 1.807) is 48.4 Å². The molecule has 0 unspecified atom stereocenters. The van der Waals surface area contributed by atoms with E-state index >= 15 is 0 Å². The van der Waals surface area contributed by atoms with E-state index < -0.39 is 24.0 Å². The molecule has 162 valence electrons. The molecular weight excluding hydrogens is 471 g/mol. The number of halogens is 3. The maximum absolute atomic E-state index is 13.7. The van der Waals surface area contributed by atoms with Gasteiger partial charge in [-0.05, 0) is 54.4 Å². The minimum absolute atomic E-state index is 0.361. The summed E-state index contributed by atoms with van der Waals surface area (Å²) in [4.78, 5) is 34.4. The number of carbonyl (C=O) groups is 2. The first-order valence-corrected chi connectivity index (χ1v) is 11.1. The zero-order chi connectivity index (χ0) is 22.6. The number of hydrogen-bond donors (Lipinski definition) is 0. The van der Waals surface area contributed by atoms with Crippen LogP contribution in [0.25, 0.3) is 0 Å². The van der Waals surface area contributed by atoms with Crippen LogP contribution >= 0.6 is 34.8 Å². The van der Waals surface area contributed by atoms with Crippen LogP contribution in [0.4, 0.5) is 11.4 Å². The number of fused-ring (bicyclic) bond motifs is 1. The van der Waals surface area contributed by atoms with Crippen LogP contribution < -0.4 is 9.96 Å². The summed E-state index contributed by atoms with van der Waals surface area (Å²) in [6.45, 7) is 1.77. The Morgan fingerprint density at radius 3 is 2.31 bits per heavy atom. The van der Waals surface area contributed by atoms with Crippen molar-refractivity contribution < 1.29 is 14.4 Å². The van der Waals surface area contributed by atoms with Crippen LogP contribution in [-0.4, -0.2) is 17.9 Å². The topological polar surface area (TPSA) is 49.9 Å². The number of imide groups is 1. The van der Waals surface area contributed by atoms with E-state index in [-0.39, 0.29) is 5.91 Å². The fraction of sp³-hybridized carbons (Fsp3) is 0.167. The first-order chi connectivity index (χ1) is 15.4. The summed E-state index contributed by atoms with van der Waals surface area (Å²) in [7, 11) is 0. The quantitative estimate of drug-likeness (QED) is 0.425. The number of nitrogens with zero attached hydrogens (tertiary/aromatic N) is 2. The largest absolute Gasteiger partial charge is 0.273 e. The van der Waals surface area contributed by atoms with Crippen molar-refractivity contribution in [3.63, 3.8) is 0 Å². The number of hydroxylamine groups is 1. The number of hydrogen-bond acceptors (Lipinski definition) is 4. The van der Waals surface area contributed by atoms with Gasteiger partial charge in [0.25, 0.3) is 5.91 Å². The average molecular weight is 488 g/mol. The molecule has 2 fully saturated rings. The van der Waals surface area contributed by atoms with Crippen molar-refractivity contribution >= 4 is 58.0 Å². The fourth-order valence-electron chi connectivity index (χ4n) is 4.35. The van der Waals surface area contributed by atoms with Gasteiger partial charge in [0.05, 0.1) is 17.4 Å². The van der Waals surface area contributed by atoms with E-state index in [0.29, 0.717) is 37.6 Å². The summed E-state index contributed by atoms with van der Waals surface area (Å²) in [5.74, 6) is -1.58. The normalized spacial score (nSPS) is 22.6. The van der Waals surface area contributed by atoms with E-state index in [1.807, 2.05) is 30.3 Å². The molecule has 3 atom stereocenters. The number of para-hydroxylation sites is 1. The molecule has 3 aromatic carbocycles. The van der Waals surface area contributed by atoms with E-state index in [4.69, 9.17) is 39.6 Å². The Kier molecular flexibility index (Phi) is 5.38. The minimum Gasteiger partial charge on any atom is -0.273 e. The Balaban J connectivity index is 1.63. The minimum atomic E-state index is -0.988. The summed E-state index contributed by atoms with van der Waals surface area (Å²) in [5.41, 5.74) is 2.47. The molecule has 0 radical (unpaired) electrons. The summed E-state index contributed by atoms with van der Waals surface area (Å²) >= 11 is 18.9. The van der Waals surface area contributed by atoms with Crippen molar-refractivity contribution in [1.29, 1.82) is 0 Å². The third-order valence-electron chi connectivity index (χ3n) is 5.89. The number of carbonyl (C=O) groups excluding carboxylic acids is 2. The van der Waals surface area contributed by atoms with Crippen LogP contribution in [0, 0.1) is 12.8 Å². The van der Waals surface area contributed by atoms with Gasteiger partial charge < -0.3 is 0 Å². The van der Waals surface area contributed by atoms with Gasteiger partial charge in [-0.1, -0.05) is 65.1 Å². The summed E-state index contributed by atoms with van der Waals surface area (Å²) < 4.78 is 0. The lowest BCUT2D eigenvalue weighted by Gasteiger charge is -2.29. The van der Waals surface area contributed by atoms with E-state index in [0.717, 1.165) is 0 Å². The van der Waals surface area contributed by atoms with Crippen molar-refractivity contribution in [2.45, 2.75) is 19.1 Å². The van der Waals surface area contributed by atoms with E-state index in [9.17, 15) is 9.59 Å². The van der Waals surface area contributed by atoms with Crippen molar-refractivity contribution in [1.82, 2.24) is 0 Å². The maximum Gasteiger partial charge on any atom is 0.266 e. The molecule has 8 heteroatoms. The van der Waals surface area contributed by atoms with Gasteiger partial charge in [0, 0.05) is 15.1 Å². The Morgan fingerprint density at radius 1 is 0.844 bits per heavy atom. The smallest absolute Gasteiger partial charge is 0.266 e. The lowest BCUT2D eigenvalue weighted by molar-refractivity contribution is -0.126. The molecule has 32 heavy (non-hydrogen) atoms. The molecule has 2 heterocycles. The molecule has 0 aromatic heterocycles. The van der Waals surface area contributed by atoms with Crippen LogP contribution in [-0.2, 0) is 14.4 Å². The van der Waals surface area contributed by atoms with Gasteiger partial charge in [0.2, 0.25) is 5.91 Å². The lowest BCUT2D eigenvalue weighted by atomic mass is 9.90. The molecule has 0 saturated carbocycles. The molecule has 2 aliphatic rings. The molecule has 0 aliphatic carbocycles. The summed E-state index contributed by atoms with van der Waals surface area (Å²) in [6, 6.07) is 18.9. The monoisotopic (exact) mass is 486 g/mol. The van der Waals surface area contributed by atoms with E-state index in [2.05, 4.69) is 0 Å². The van der Waals surface area contributed by atoms with Crippen LogP contribution in [0.3, 0.4) is 0 Å². The second-order valence-corrected chi connectivity index (χ2v) is 8.97. The zero-order valence-corrected chi connectivity index (χ0v) is 19.1. The summed E-state index contributed by atoms with van der Waals surface area (Å²) in [6.07, 6.45) is -0.988. The third kappa shape index (κ3) is 3.28. The highest BCUT2D eigenvalue weighted by Gasteiger charge is 2.60. The summed E-state index contributed by atoms with van der Waals surface area (Å²) in [5, 5.41) is 2.95. The second kappa shape index (κ2) is 8.09. The number of rotatable bonds is 3. The highest BCUT2D eigenvalue weighted by molar-refractivity contribution is 6.35. The predicted octanol–water partition coefficient (Wildman–Crippen LogP) is 6.01. The second-order valence-electron chi connectivity index (χ2n) is 7.72. The Morgan fingerprint density at radius 2 is 1.59 bits per heavy atom. The molecule has 2 amide bonds. The fourth-order valence-corrected chi connectivity index (χ4v) is 5.04. The molecular formula is C24H17Cl3N2O3. The van der Waals surface area contributed by atoms with Gasteiger partial charge in [-0.3, -0.25) is 14.4 Å². The first kappa shape index (κ1) is 21.3. The van der Waals surface area contributed by atoms with Gasteiger partial charge in [-0.25, -0.2) is 9.96 Å². The lowest BCUT2D eigenvalue weighted by Crippen LogP contribution is -2.37. The molecule has 0 spiro atoms. The molecule has 0 N–H and O–H groups in total. The van der Waals surface area contributed by atoms with Crippen LogP contribution in [0.5, 0.6) is 0 Å². The number of anilines is 2. The highest BCUT2D eigenvalue weighted by atomic mass is 35.5. The molecule has 2 aliphatic heterocycles. The molecule has 5 rings (SSSR count). The molecule has 0 bridgehead atoms.